The molecule has 0 spiro atoms. The molecule has 94 valence electrons. The molecule has 1 unspecified atom stereocenters. The van der Waals surface area contributed by atoms with Gasteiger partial charge in [0.05, 0.1) is 6.10 Å². The van der Waals surface area contributed by atoms with E-state index in [4.69, 9.17) is 6.42 Å². The molecule has 4 saturated carbocycles. The minimum Gasteiger partial charge on any atom is -0.393 e. The SMILES string of the molecule is C#CCCCC(O)C1C2CC3CC(C2)CC1C3. The van der Waals surface area contributed by atoms with Crippen LogP contribution in [0.2, 0.25) is 0 Å². The maximum Gasteiger partial charge on any atom is 0.0574 e. The van der Waals surface area contributed by atoms with E-state index in [1.54, 1.807) is 0 Å². The first-order chi connectivity index (χ1) is 8.28. The summed E-state index contributed by atoms with van der Waals surface area (Å²) >= 11 is 0. The second kappa shape index (κ2) is 4.65. The molecule has 4 rings (SSSR count). The van der Waals surface area contributed by atoms with Crippen LogP contribution in [0, 0.1) is 41.9 Å². The van der Waals surface area contributed by atoms with Crippen LogP contribution in [0.3, 0.4) is 0 Å². The van der Waals surface area contributed by atoms with Gasteiger partial charge in [0.25, 0.3) is 0 Å². The summed E-state index contributed by atoms with van der Waals surface area (Å²) < 4.78 is 0. The van der Waals surface area contributed by atoms with Gasteiger partial charge in [0.15, 0.2) is 0 Å². The Morgan fingerprint density at radius 1 is 1.06 bits per heavy atom. The van der Waals surface area contributed by atoms with Gasteiger partial charge in [0.2, 0.25) is 0 Å². The molecule has 4 bridgehead atoms. The summed E-state index contributed by atoms with van der Waals surface area (Å²) in [6, 6.07) is 0. The molecule has 0 aliphatic heterocycles. The van der Waals surface area contributed by atoms with Gasteiger partial charge in [-0.25, -0.2) is 0 Å². The second-order valence-corrected chi connectivity index (χ2v) is 6.67. The van der Waals surface area contributed by atoms with Crippen LogP contribution in [0.5, 0.6) is 0 Å². The Labute approximate surface area is 105 Å². The maximum atomic E-state index is 10.4. The molecule has 0 aromatic carbocycles. The Kier molecular flexibility index (Phi) is 3.17. The van der Waals surface area contributed by atoms with Gasteiger partial charge in [-0.05, 0) is 74.5 Å². The zero-order chi connectivity index (χ0) is 11.8. The van der Waals surface area contributed by atoms with Gasteiger partial charge < -0.3 is 5.11 Å². The summed E-state index contributed by atoms with van der Waals surface area (Å²) in [5.41, 5.74) is 0. The number of unbranched alkanes of at least 4 members (excludes halogenated alkanes) is 1. The highest BCUT2D eigenvalue weighted by Crippen LogP contribution is 2.57. The normalized spacial score (nSPS) is 44.6. The van der Waals surface area contributed by atoms with Gasteiger partial charge in [-0.2, -0.15) is 0 Å². The summed E-state index contributed by atoms with van der Waals surface area (Å²) in [7, 11) is 0. The molecule has 0 amide bonds. The Balaban J connectivity index is 1.61. The van der Waals surface area contributed by atoms with Crippen molar-refractivity contribution in [1.29, 1.82) is 0 Å². The van der Waals surface area contributed by atoms with E-state index in [2.05, 4.69) is 5.92 Å². The Morgan fingerprint density at radius 2 is 1.65 bits per heavy atom. The van der Waals surface area contributed by atoms with Crippen LogP contribution in [-0.4, -0.2) is 11.2 Å². The van der Waals surface area contributed by atoms with Crippen molar-refractivity contribution in [3.63, 3.8) is 0 Å². The lowest BCUT2D eigenvalue weighted by atomic mass is 9.50. The lowest BCUT2D eigenvalue weighted by molar-refractivity contribution is -0.0913. The van der Waals surface area contributed by atoms with Gasteiger partial charge in [-0.3, -0.25) is 0 Å². The third-order valence-corrected chi connectivity index (χ3v) is 5.56. The fourth-order valence-electron chi connectivity index (χ4n) is 5.20. The van der Waals surface area contributed by atoms with E-state index in [1.807, 2.05) is 0 Å². The number of terminal acetylenes is 1. The largest absolute Gasteiger partial charge is 0.393 e. The molecule has 0 radical (unpaired) electrons. The molecule has 4 aliphatic rings. The van der Waals surface area contributed by atoms with Crippen molar-refractivity contribution in [2.24, 2.45) is 29.6 Å². The smallest absolute Gasteiger partial charge is 0.0574 e. The van der Waals surface area contributed by atoms with E-state index >= 15 is 0 Å². The molecule has 17 heavy (non-hydrogen) atoms. The minimum absolute atomic E-state index is 0.0710. The maximum absolute atomic E-state index is 10.4. The van der Waals surface area contributed by atoms with E-state index in [-0.39, 0.29) is 6.10 Å². The molecular weight excluding hydrogens is 208 g/mol. The Morgan fingerprint density at radius 3 is 2.18 bits per heavy atom. The second-order valence-electron chi connectivity index (χ2n) is 6.67. The van der Waals surface area contributed by atoms with Crippen molar-refractivity contribution in [1.82, 2.24) is 0 Å². The molecular formula is C16H24O. The van der Waals surface area contributed by atoms with Crippen LogP contribution < -0.4 is 0 Å². The zero-order valence-corrected chi connectivity index (χ0v) is 10.6. The summed E-state index contributed by atoms with van der Waals surface area (Å²) in [4.78, 5) is 0. The van der Waals surface area contributed by atoms with E-state index in [0.29, 0.717) is 5.92 Å². The molecule has 0 aromatic rings. The highest BCUT2D eigenvalue weighted by atomic mass is 16.3. The molecule has 1 N–H and O–H groups in total. The summed E-state index contributed by atoms with van der Waals surface area (Å²) in [6.45, 7) is 0. The van der Waals surface area contributed by atoms with Crippen molar-refractivity contribution >= 4 is 0 Å². The zero-order valence-electron chi connectivity index (χ0n) is 10.6. The lowest BCUT2D eigenvalue weighted by Crippen LogP contribution is -2.49. The van der Waals surface area contributed by atoms with Crippen LogP contribution in [0.15, 0.2) is 0 Å². The fourth-order valence-corrected chi connectivity index (χ4v) is 5.20. The van der Waals surface area contributed by atoms with Crippen LogP contribution in [0.1, 0.15) is 51.4 Å². The predicted molar refractivity (Wildman–Crippen MR) is 69.2 cm³/mol. The molecule has 1 atom stereocenters. The number of aliphatic hydroxyl groups excluding tert-OH is 1. The molecule has 4 aliphatic carbocycles. The topological polar surface area (TPSA) is 20.2 Å². The predicted octanol–water partition coefficient (Wildman–Crippen LogP) is 3.22. The number of rotatable bonds is 4. The first kappa shape index (κ1) is 11.6. The van der Waals surface area contributed by atoms with E-state index in [9.17, 15) is 5.11 Å². The van der Waals surface area contributed by atoms with Crippen LogP contribution in [0.4, 0.5) is 0 Å². The molecule has 0 saturated heterocycles. The summed E-state index contributed by atoms with van der Waals surface area (Å²) in [6.07, 6.45) is 15.1. The monoisotopic (exact) mass is 232 g/mol. The summed E-state index contributed by atoms with van der Waals surface area (Å²) in [5.74, 6) is 6.98. The molecule has 1 nitrogen and oxygen atoms in total. The van der Waals surface area contributed by atoms with Crippen LogP contribution in [0.25, 0.3) is 0 Å². The van der Waals surface area contributed by atoms with E-state index in [1.165, 1.54) is 32.1 Å². The van der Waals surface area contributed by atoms with Gasteiger partial charge in [0, 0.05) is 6.42 Å². The molecule has 1 heteroatoms. The Bertz CT molecular complexity index is 286. The highest BCUT2D eigenvalue weighted by Gasteiger charge is 2.49. The van der Waals surface area contributed by atoms with Gasteiger partial charge in [-0.15, -0.1) is 12.3 Å². The average molecular weight is 232 g/mol. The van der Waals surface area contributed by atoms with E-state index < -0.39 is 0 Å². The average Bonchev–Trinajstić information content (AvgIpc) is 2.27. The highest BCUT2D eigenvalue weighted by molar-refractivity contribution is 5.00. The Hall–Kier alpha value is -0.480. The van der Waals surface area contributed by atoms with Gasteiger partial charge in [-0.1, -0.05) is 0 Å². The quantitative estimate of drug-likeness (QED) is 0.583. The number of hydrogen-bond donors (Lipinski definition) is 1. The van der Waals surface area contributed by atoms with Crippen LogP contribution >= 0.6 is 0 Å². The van der Waals surface area contributed by atoms with Crippen molar-refractivity contribution in [2.75, 3.05) is 0 Å². The third-order valence-electron chi connectivity index (χ3n) is 5.56. The first-order valence-corrected chi connectivity index (χ1v) is 7.39. The minimum atomic E-state index is -0.0710. The standard InChI is InChI=1S/C16H24O/c1-2-3-4-5-15(17)16-13-7-11-6-12(9-13)10-14(16)8-11/h1,11-17H,3-10H2. The lowest BCUT2D eigenvalue weighted by Gasteiger charge is -2.55. The van der Waals surface area contributed by atoms with Crippen molar-refractivity contribution in [3.05, 3.63) is 0 Å². The fraction of sp³-hybridized carbons (Fsp3) is 0.875. The van der Waals surface area contributed by atoms with Crippen molar-refractivity contribution in [3.8, 4) is 12.3 Å². The van der Waals surface area contributed by atoms with E-state index in [0.717, 1.165) is 42.9 Å². The molecule has 0 aromatic heterocycles. The van der Waals surface area contributed by atoms with Gasteiger partial charge in [0.1, 0.15) is 0 Å². The van der Waals surface area contributed by atoms with Crippen molar-refractivity contribution in [2.45, 2.75) is 57.5 Å². The summed E-state index contributed by atoms with van der Waals surface area (Å²) in [5, 5.41) is 10.4. The number of hydrogen-bond acceptors (Lipinski definition) is 1. The first-order valence-electron chi connectivity index (χ1n) is 7.39. The number of aliphatic hydroxyl groups is 1. The van der Waals surface area contributed by atoms with Crippen molar-refractivity contribution < 1.29 is 5.11 Å². The molecule has 4 fully saturated rings. The van der Waals surface area contributed by atoms with Gasteiger partial charge >= 0.3 is 0 Å². The molecule has 0 heterocycles. The van der Waals surface area contributed by atoms with Crippen LogP contribution in [-0.2, 0) is 0 Å². The third kappa shape index (κ3) is 2.13.